The van der Waals surface area contributed by atoms with Crippen LogP contribution >= 0.6 is 0 Å². The third-order valence-corrected chi connectivity index (χ3v) is 2.80. The van der Waals surface area contributed by atoms with Crippen molar-refractivity contribution in [1.29, 1.82) is 0 Å². The first-order valence-electron chi connectivity index (χ1n) is 6.16. The van der Waals surface area contributed by atoms with E-state index in [2.05, 4.69) is 0 Å². The predicted octanol–water partition coefficient (Wildman–Crippen LogP) is 2.81. The van der Waals surface area contributed by atoms with E-state index in [1.807, 2.05) is 32.1 Å². The zero-order chi connectivity index (χ0) is 13.4. The Hall–Kier alpha value is -1.61. The van der Waals surface area contributed by atoms with E-state index < -0.39 is 12.1 Å². The number of ether oxygens (including phenoxy) is 1. The van der Waals surface area contributed by atoms with E-state index in [1.54, 1.807) is 24.3 Å². The molecule has 0 aliphatic carbocycles. The first-order chi connectivity index (χ1) is 8.65. The van der Waals surface area contributed by atoms with Crippen LogP contribution in [0.1, 0.15) is 30.6 Å². The summed E-state index contributed by atoms with van der Waals surface area (Å²) in [7, 11) is 0. The molecule has 0 aliphatic heterocycles. The second-order valence-corrected chi connectivity index (χ2v) is 4.31. The molecule has 0 heterocycles. The Bertz CT molecular complexity index is 384. The average Bonchev–Trinajstić information content (AvgIpc) is 2.42. The lowest BCUT2D eigenvalue weighted by Gasteiger charge is -2.17. The summed E-state index contributed by atoms with van der Waals surface area (Å²) < 4.78 is 5.08. The molecule has 0 radical (unpaired) electrons. The van der Waals surface area contributed by atoms with Crippen molar-refractivity contribution in [1.82, 2.24) is 0 Å². The molecule has 1 rings (SSSR count). The lowest BCUT2D eigenvalue weighted by Crippen LogP contribution is -2.25. The molecule has 0 amide bonds. The number of carbonyl (C=O) groups is 1. The van der Waals surface area contributed by atoms with Gasteiger partial charge in [-0.05, 0) is 31.4 Å². The first-order valence-corrected chi connectivity index (χ1v) is 6.16. The monoisotopic (exact) mass is 248 g/mol. The van der Waals surface area contributed by atoms with Gasteiger partial charge >= 0.3 is 5.97 Å². The van der Waals surface area contributed by atoms with Crippen molar-refractivity contribution in [2.45, 2.75) is 26.4 Å². The van der Waals surface area contributed by atoms with Crippen molar-refractivity contribution in [3.63, 3.8) is 0 Å². The highest BCUT2D eigenvalue weighted by molar-refractivity contribution is 5.89. The molecule has 18 heavy (non-hydrogen) atoms. The van der Waals surface area contributed by atoms with Crippen molar-refractivity contribution in [3.05, 3.63) is 48.0 Å². The Morgan fingerprint density at radius 1 is 1.39 bits per heavy atom. The standard InChI is InChI=1S/C15H20O3/c1-3-4-8-12(2)14(16)11-18-15(17)13-9-6-5-7-10-13/h3-7,9-10,12,14,16H,8,11H2,1-2H3/b4-3+/t12-,14+/m1/s1. The highest BCUT2D eigenvalue weighted by Crippen LogP contribution is 2.10. The minimum absolute atomic E-state index is 0.0342. The molecule has 0 unspecified atom stereocenters. The van der Waals surface area contributed by atoms with Gasteiger partial charge in [0.2, 0.25) is 0 Å². The van der Waals surface area contributed by atoms with Crippen LogP contribution in [0.3, 0.4) is 0 Å². The summed E-state index contributed by atoms with van der Waals surface area (Å²) in [6.07, 6.45) is 4.08. The number of rotatable bonds is 6. The molecule has 0 aliphatic rings. The molecule has 0 saturated carbocycles. The fourth-order valence-electron chi connectivity index (χ4n) is 1.49. The van der Waals surface area contributed by atoms with Crippen LogP contribution in [-0.2, 0) is 4.74 Å². The zero-order valence-corrected chi connectivity index (χ0v) is 10.9. The highest BCUT2D eigenvalue weighted by atomic mass is 16.5. The number of hydrogen-bond donors (Lipinski definition) is 1. The second-order valence-electron chi connectivity index (χ2n) is 4.31. The van der Waals surface area contributed by atoms with Gasteiger partial charge in [0, 0.05) is 0 Å². The van der Waals surface area contributed by atoms with Crippen LogP contribution in [0.4, 0.5) is 0 Å². The Balaban J connectivity index is 2.38. The number of esters is 1. The van der Waals surface area contributed by atoms with Crippen LogP contribution in [0.15, 0.2) is 42.5 Å². The fourth-order valence-corrected chi connectivity index (χ4v) is 1.49. The molecule has 98 valence electrons. The molecule has 0 aromatic heterocycles. The summed E-state index contributed by atoms with van der Waals surface area (Å²) in [5, 5.41) is 9.83. The number of carbonyl (C=O) groups excluding carboxylic acids is 1. The van der Waals surface area contributed by atoms with Crippen molar-refractivity contribution in [3.8, 4) is 0 Å². The van der Waals surface area contributed by atoms with Crippen molar-refractivity contribution in [2.24, 2.45) is 5.92 Å². The van der Waals surface area contributed by atoms with Crippen molar-refractivity contribution < 1.29 is 14.6 Å². The van der Waals surface area contributed by atoms with Crippen LogP contribution in [0.25, 0.3) is 0 Å². The summed E-state index contributed by atoms with van der Waals surface area (Å²) in [4.78, 5) is 11.6. The molecule has 1 N–H and O–H groups in total. The maximum absolute atomic E-state index is 11.6. The summed E-state index contributed by atoms with van der Waals surface area (Å²) >= 11 is 0. The summed E-state index contributed by atoms with van der Waals surface area (Å²) in [5.41, 5.74) is 0.505. The number of allylic oxidation sites excluding steroid dienone is 2. The van der Waals surface area contributed by atoms with Gasteiger partial charge in [-0.2, -0.15) is 0 Å². The van der Waals surface area contributed by atoms with Gasteiger partial charge in [0.15, 0.2) is 0 Å². The third-order valence-electron chi connectivity index (χ3n) is 2.80. The smallest absolute Gasteiger partial charge is 0.338 e. The van der Waals surface area contributed by atoms with E-state index in [4.69, 9.17) is 4.74 Å². The predicted molar refractivity (Wildman–Crippen MR) is 71.3 cm³/mol. The Kier molecular flexibility index (Phi) is 6.15. The third kappa shape index (κ3) is 4.72. The molecule has 0 fully saturated rings. The lowest BCUT2D eigenvalue weighted by atomic mass is 10.0. The topological polar surface area (TPSA) is 46.5 Å². The van der Waals surface area contributed by atoms with E-state index >= 15 is 0 Å². The molecule has 3 nitrogen and oxygen atoms in total. The van der Waals surface area contributed by atoms with Gasteiger partial charge in [0.05, 0.1) is 11.7 Å². The Morgan fingerprint density at radius 3 is 2.67 bits per heavy atom. The average molecular weight is 248 g/mol. The van der Waals surface area contributed by atoms with E-state index in [1.165, 1.54) is 0 Å². The van der Waals surface area contributed by atoms with Gasteiger partial charge in [-0.1, -0.05) is 37.3 Å². The normalized spacial score (nSPS) is 14.4. The maximum atomic E-state index is 11.6. The SMILES string of the molecule is C/C=C/C[C@@H](C)[C@@H](O)COC(=O)c1ccccc1. The molecule has 2 atom stereocenters. The van der Waals surface area contributed by atoms with Crippen LogP contribution in [0.2, 0.25) is 0 Å². The van der Waals surface area contributed by atoms with Crippen LogP contribution in [-0.4, -0.2) is 23.8 Å². The number of aliphatic hydroxyl groups is 1. The minimum Gasteiger partial charge on any atom is -0.459 e. The Labute approximate surface area is 108 Å². The second kappa shape index (κ2) is 7.67. The minimum atomic E-state index is -0.631. The van der Waals surface area contributed by atoms with Crippen LogP contribution in [0.5, 0.6) is 0 Å². The molecular formula is C15H20O3. The van der Waals surface area contributed by atoms with E-state index in [9.17, 15) is 9.90 Å². The molecule has 0 bridgehead atoms. The molecular weight excluding hydrogens is 228 g/mol. The first kappa shape index (κ1) is 14.5. The quantitative estimate of drug-likeness (QED) is 0.622. The summed E-state index contributed by atoms with van der Waals surface area (Å²) in [5.74, 6) is -0.322. The highest BCUT2D eigenvalue weighted by Gasteiger charge is 2.15. The molecule has 1 aromatic rings. The van der Waals surface area contributed by atoms with Gasteiger partial charge in [-0.15, -0.1) is 0 Å². The van der Waals surface area contributed by atoms with Crippen molar-refractivity contribution in [2.75, 3.05) is 6.61 Å². The number of hydrogen-bond acceptors (Lipinski definition) is 3. The molecule has 0 spiro atoms. The number of benzene rings is 1. The maximum Gasteiger partial charge on any atom is 0.338 e. The van der Waals surface area contributed by atoms with Gasteiger partial charge < -0.3 is 9.84 Å². The lowest BCUT2D eigenvalue weighted by molar-refractivity contribution is 0.0115. The number of aliphatic hydroxyl groups excluding tert-OH is 1. The van der Waals surface area contributed by atoms with Gasteiger partial charge in [-0.3, -0.25) is 0 Å². The Morgan fingerprint density at radius 2 is 2.06 bits per heavy atom. The van der Waals surface area contributed by atoms with Crippen molar-refractivity contribution >= 4 is 5.97 Å². The van der Waals surface area contributed by atoms with E-state index in [-0.39, 0.29) is 12.5 Å². The van der Waals surface area contributed by atoms with Gasteiger partial charge in [0.25, 0.3) is 0 Å². The zero-order valence-electron chi connectivity index (χ0n) is 10.9. The molecule has 3 heteroatoms. The van der Waals surface area contributed by atoms with Gasteiger partial charge in [0.1, 0.15) is 6.61 Å². The molecule has 0 saturated heterocycles. The fraction of sp³-hybridized carbons (Fsp3) is 0.400. The molecule has 1 aromatic carbocycles. The van der Waals surface area contributed by atoms with Gasteiger partial charge in [-0.25, -0.2) is 4.79 Å². The van der Waals surface area contributed by atoms with Crippen LogP contribution < -0.4 is 0 Å². The summed E-state index contributed by atoms with van der Waals surface area (Å²) in [6, 6.07) is 8.78. The van der Waals surface area contributed by atoms with Crippen LogP contribution in [0, 0.1) is 5.92 Å². The van der Waals surface area contributed by atoms with E-state index in [0.29, 0.717) is 5.56 Å². The largest absolute Gasteiger partial charge is 0.459 e. The summed E-state index contributed by atoms with van der Waals surface area (Å²) in [6.45, 7) is 3.90. The van der Waals surface area contributed by atoms with E-state index in [0.717, 1.165) is 6.42 Å².